The molecule has 1 unspecified atom stereocenters. The van der Waals surface area contributed by atoms with Gasteiger partial charge in [0.1, 0.15) is 0 Å². The van der Waals surface area contributed by atoms with Crippen molar-refractivity contribution in [3.05, 3.63) is 58.6 Å². The first-order valence-corrected chi connectivity index (χ1v) is 8.22. The third-order valence-corrected chi connectivity index (χ3v) is 4.60. The van der Waals surface area contributed by atoms with Crippen molar-refractivity contribution < 1.29 is 13.5 Å². The van der Waals surface area contributed by atoms with E-state index in [1.807, 2.05) is 6.07 Å². The number of nitrogens with one attached hydrogen (secondary N) is 1. The summed E-state index contributed by atoms with van der Waals surface area (Å²) in [5, 5.41) is 9.52. The van der Waals surface area contributed by atoms with Gasteiger partial charge in [0.05, 0.1) is 11.0 Å². The molecule has 0 radical (unpaired) electrons. The number of hydrogen-bond donors (Lipinski definition) is 2. The molecule has 0 aliphatic carbocycles. The third-order valence-electron chi connectivity index (χ3n) is 2.73. The van der Waals surface area contributed by atoms with Gasteiger partial charge in [-0.05, 0) is 42.8 Å². The Morgan fingerprint density at radius 3 is 2.50 bits per heavy atom. The molecule has 106 valence electrons. The molecule has 1 atom stereocenters. The molecule has 0 amide bonds. The molecule has 0 aliphatic rings. The smallest absolute Gasteiger partial charge is 0.261 e. The maximum Gasteiger partial charge on any atom is 0.261 e. The zero-order valence-electron chi connectivity index (χ0n) is 10.7. The zero-order valence-corrected chi connectivity index (χ0v) is 13.1. The molecule has 0 fully saturated rings. The molecule has 0 heterocycles. The third kappa shape index (κ3) is 3.59. The summed E-state index contributed by atoms with van der Waals surface area (Å²) >= 11 is 3.29. The van der Waals surface area contributed by atoms with E-state index in [0.717, 1.165) is 4.47 Å². The van der Waals surface area contributed by atoms with Crippen LogP contribution in [-0.4, -0.2) is 13.5 Å². The fourth-order valence-corrected chi connectivity index (χ4v) is 3.21. The van der Waals surface area contributed by atoms with Crippen molar-refractivity contribution in [2.24, 2.45) is 0 Å². The first-order valence-electron chi connectivity index (χ1n) is 5.95. The summed E-state index contributed by atoms with van der Waals surface area (Å²) in [6.07, 6.45) is -0.712. The SMILES string of the molecule is CC(O)c1cccc(S(=O)(=O)Nc2cccc(Br)c2)c1. The first-order chi connectivity index (χ1) is 9.38. The summed E-state index contributed by atoms with van der Waals surface area (Å²) in [5.74, 6) is 0. The van der Waals surface area contributed by atoms with Crippen LogP contribution in [0.5, 0.6) is 0 Å². The summed E-state index contributed by atoms with van der Waals surface area (Å²) < 4.78 is 27.8. The van der Waals surface area contributed by atoms with Crippen LogP contribution >= 0.6 is 15.9 Å². The average Bonchev–Trinajstić information content (AvgIpc) is 2.38. The van der Waals surface area contributed by atoms with Gasteiger partial charge in [0, 0.05) is 10.2 Å². The molecule has 0 aliphatic heterocycles. The van der Waals surface area contributed by atoms with Gasteiger partial charge < -0.3 is 5.11 Å². The minimum absolute atomic E-state index is 0.121. The van der Waals surface area contributed by atoms with E-state index in [4.69, 9.17) is 0 Å². The van der Waals surface area contributed by atoms with Gasteiger partial charge in [-0.3, -0.25) is 4.72 Å². The summed E-state index contributed by atoms with van der Waals surface area (Å²) in [5.41, 5.74) is 1.03. The molecule has 2 aromatic rings. The van der Waals surface area contributed by atoms with E-state index >= 15 is 0 Å². The summed E-state index contributed by atoms with van der Waals surface area (Å²) in [6, 6.07) is 13.1. The molecule has 20 heavy (non-hydrogen) atoms. The van der Waals surface area contributed by atoms with Crippen LogP contribution in [0.3, 0.4) is 0 Å². The molecular weight excluding hydrogens is 342 g/mol. The van der Waals surface area contributed by atoms with E-state index in [0.29, 0.717) is 11.3 Å². The molecule has 0 spiro atoms. The Morgan fingerprint density at radius 1 is 1.15 bits per heavy atom. The largest absolute Gasteiger partial charge is 0.389 e. The summed E-state index contributed by atoms with van der Waals surface area (Å²) in [6.45, 7) is 1.59. The quantitative estimate of drug-likeness (QED) is 0.883. The number of benzene rings is 2. The minimum Gasteiger partial charge on any atom is -0.389 e. The number of anilines is 1. The molecule has 4 nitrogen and oxygen atoms in total. The number of hydrogen-bond acceptors (Lipinski definition) is 3. The van der Waals surface area contributed by atoms with Gasteiger partial charge in [0.25, 0.3) is 10.0 Å². The topological polar surface area (TPSA) is 66.4 Å². The fraction of sp³-hybridized carbons (Fsp3) is 0.143. The first kappa shape index (κ1) is 15.0. The Labute approximate surface area is 126 Å². The Morgan fingerprint density at radius 2 is 1.85 bits per heavy atom. The Balaban J connectivity index is 2.33. The van der Waals surface area contributed by atoms with Crippen molar-refractivity contribution in [2.45, 2.75) is 17.9 Å². The molecule has 2 aromatic carbocycles. The van der Waals surface area contributed by atoms with E-state index in [1.165, 1.54) is 12.1 Å². The van der Waals surface area contributed by atoms with Crippen molar-refractivity contribution in [2.75, 3.05) is 4.72 Å². The Bertz CT molecular complexity index is 714. The van der Waals surface area contributed by atoms with Crippen molar-refractivity contribution in [3.63, 3.8) is 0 Å². The van der Waals surface area contributed by atoms with E-state index in [1.54, 1.807) is 37.3 Å². The lowest BCUT2D eigenvalue weighted by Crippen LogP contribution is -2.13. The van der Waals surface area contributed by atoms with E-state index < -0.39 is 16.1 Å². The average molecular weight is 356 g/mol. The Hall–Kier alpha value is -1.37. The number of rotatable bonds is 4. The van der Waals surface area contributed by atoms with Gasteiger partial charge >= 0.3 is 0 Å². The van der Waals surface area contributed by atoms with Gasteiger partial charge in [-0.1, -0.05) is 34.1 Å². The molecule has 0 saturated heterocycles. The van der Waals surface area contributed by atoms with Crippen molar-refractivity contribution >= 4 is 31.6 Å². The Kier molecular flexibility index (Phi) is 4.47. The van der Waals surface area contributed by atoms with E-state index in [9.17, 15) is 13.5 Å². The normalized spacial score (nSPS) is 12.9. The molecule has 0 bridgehead atoms. The molecule has 2 rings (SSSR count). The lowest BCUT2D eigenvalue weighted by atomic mass is 10.1. The van der Waals surface area contributed by atoms with Crippen LogP contribution < -0.4 is 4.72 Å². The monoisotopic (exact) mass is 355 g/mol. The molecular formula is C14H14BrNO3S. The lowest BCUT2D eigenvalue weighted by Gasteiger charge is -2.10. The fourth-order valence-electron chi connectivity index (χ4n) is 1.71. The molecule has 2 N–H and O–H groups in total. The maximum absolute atomic E-state index is 12.3. The highest BCUT2D eigenvalue weighted by molar-refractivity contribution is 9.10. The number of halogens is 1. The highest BCUT2D eigenvalue weighted by atomic mass is 79.9. The van der Waals surface area contributed by atoms with Crippen LogP contribution in [0, 0.1) is 0 Å². The van der Waals surface area contributed by atoms with Crippen molar-refractivity contribution in [1.82, 2.24) is 0 Å². The van der Waals surface area contributed by atoms with Crippen LogP contribution in [0.2, 0.25) is 0 Å². The zero-order chi connectivity index (χ0) is 14.8. The second-order valence-corrected chi connectivity index (χ2v) is 6.96. The molecule has 6 heteroatoms. The second-order valence-electron chi connectivity index (χ2n) is 4.36. The standard InChI is InChI=1S/C14H14BrNO3S/c1-10(17)11-4-2-7-14(8-11)20(18,19)16-13-6-3-5-12(15)9-13/h2-10,16-17H,1H3. The van der Waals surface area contributed by atoms with Gasteiger partial charge in [-0.15, -0.1) is 0 Å². The molecule has 0 aromatic heterocycles. The van der Waals surface area contributed by atoms with E-state index in [2.05, 4.69) is 20.7 Å². The predicted molar refractivity (Wildman–Crippen MR) is 82.0 cm³/mol. The predicted octanol–water partition coefficient (Wildman–Crippen LogP) is 3.30. The lowest BCUT2D eigenvalue weighted by molar-refractivity contribution is 0.199. The van der Waals surface area contributed by atoms with Gasteiger partial charge in [0.2, 0.25) is 0 Å². The van der Waals surface area contributed by atoms with Crippen LogP contribution in [0.25, 0.3) is 0 Å². The van der Waals surface area contributed by atoms with Gasteiger partial charge in [0.15, 0.2) is 0 Å². The number of sulfonamides is 1. The van der Waals surface area contributed by atoms with Crippen LogP contribution in [0.4, 0.5) is 5.69 Å². The molecule has 0 saturated carbocycles. The van der Waals surface area contributed by atoms with Gasteiger partial charge in [-0.25, -0.2) is 8.42 Å². The van der Waals surface area contributed by atoms with Gasteiger partial charge in [-0.2, -0.15) is 0 Å². The van der Waals surface area contributed by atoms with Crippen molar-refractivity contribution in [3.8, 4) is 0 Å². The van der Waals surface area contributed by atoms with Crippen LogP contribution in [0.1, 0.15) is 18.6 Å². The van der Waals surface area contributed by atoms with E-state index in [-0.39, 0.29) is 4.90 Å². The van der Waals surface area contributed by atoms with Crippen LogP contribution in [-0.2, 0) is 10.0 Å². The highest BCUT2D eigenvalue weighted by Gasteiger charge is 2.15. The number of aliphatic hydroxyl groups is 1. The van der Waals surface area contributed by atoms with Crippen LogP contribution in [0.15, 0.2) is 57.9 Å². The maximum atomic E-state index is 12.3. The van der Waals surface area contributed by atoms with Crippen molar-refractivity contribution in [1.29, 1.82) is 0 Å². The minimum atomic E-state index is -3.67. The number of aliphatic hydroxyl groups excluding tert-OH is 1. The highest BCUT2D eigenvalue weighted by Crippen LogP contribution is 2.22. The summed E-state index contributed by atoms with van der Waals surface area (Å²) in [4.78, 5) is 0.121. The summed E-state index contributed by atoms with van der Waals surface area (Å²) in [7, 11) is -3.67. The second kappa shape index (κ2) is 5.95.